The minimum Gasteiger partial charge on any atom is -0.463 e. The van der Waals surface area contributed by atoms with E-state index in [4.69, 9.17) is 10.3 Å². The van der Waals surface area contributed by atoms with Crippen LogP contribution in [-0.2, 0) is 14.3 Å². The van der Waals surface area contributed by atoms with E-state index in [-0.39, 0.29) is 19.1 Å². The lowest BCUT2D eigenvalue weighted by Crippen LogP contribution is -2.32. The predicted molar refractivity (Wildman–Crippen MR) is 87.4 cm³/mol. The van der Waals surface area contributed by atoms with Gasteiger partial charge in [0.15, 0.2) is 0 Å². The number of amides is 1. The van der Waals surface area contributed by atoms with Gasteiger partial charge in [0.05, 0.1) is 0 Å². The van der Waals surface area contributed by atoms with Gasteiger partial charge in [-0.05, 0) is 22.3 Å². The molecule has 0 spiro atoms. The third-order valence-electron chi connectivity index (χ3n) is 3.96. The number of carbonyl (C=O) groups is 2. The summed E-state index contributed by atoms with van der Waals surface area (Å²) in [6.07, 6.45) is 0.677. The topological polar surface area (TPSA) is 91.8 Å². The molecule has 6 nitrogen and oxygen atoms in total. The Bertz CT molecular complexity index is 795. The smallest absolute Gasteiger partial charge is 0.344 e. The van der Waals surface area contributed by atoms with Gasteiger partial charge in [0, 0.05) is 5.92 Å². The fraction of sp³-hybridized carbons (Fsp3) is 0.167. The molecule has 0 unspecified atom stereocenters. The molecule has 1 N–H and O–H groups in total. The molecule has 0 fully saturated rings. The summed E-state index contributed by atoms with van der Waals surface area (Å²) < 4.78 is 5.31. The Hall–Kier alpha value is -3.24. The van der Waals surface area contributed by atoms with Crippen LogP contribution in [0.1, 0.15) is 17.0 Å². The average molecular weight is 321 g/mol. The lowest BCUT2D eigenvalue weighted by molar-refractivity contribution is -0.143. The minimum absolute atomic E-state index is 0.0175. The third-order valence-corrected chi connectivity index (χ3v) is 3.96. The first-order chi connectivity index (χ1) is 11.7. The van der Waals surface area contributed by atoms with Gasteiger partial charge in [0.2, 0.25) is 0 Å². The largest absolute Gasteiger partial charge is 0.463 e. The lowest BCUT2D eigenvalue weighted by Gasteiger charge is -2.14. The third kappa shape index (κ3) is 3.09. The van der Waals surface area contributed by atoms with Gasteiger partial charge in [-0.2, -0.15) is 4.79 Å². The van der Waals surface area contributed by atoms with E-state index in [0.717, 1.165) is 22.3 Å². The van der Waals surface area contributed by atoms with Gasteiger partial charge in [-0.3, -0.25) is 9.59 Å². The summed E-state index contributed by atoms with van der Waals surface area (Å²) in [6.45, 7) is -0.0717. The van der Waals surface area contributed by atoms with Crippen molar-refractivity contribution in [2.24, 2.45) is 0 Å². The van der Waals surface area contributed by atoms with Crippen molar-refractivity contribution in [1.29, 1.82) is 0 Å². The van der Waals surface area contributed by atoms with E-state index in [0.29, 0.717) is 6.21 Å². The van der Waals surface area contributed by atoms with Gasteiger partial charge in [0.25, 0.3) is 0 Å². The quantitative estimate of drug-likeness (QED) is 0.394. The van der Waals surface area contributed by atoms with E-state index < -0.39 is 11.9 Å². The van der Waals surface area contributed by atoms with Gasteiger partial charge >= 0.3 is 18.1 Å². The summed E-state index contributed by atoms with van der Waals surface area (Å²) in [5, 5.41) is 2.27. The zero-order chi connectivity index (χ0) is 16.9. The number of esters is 1. The van der Waals surface area contributed by atoms with E-state index in [2.05, 4.69) is 22.2 Å². The lowest BCUT2D eigenvalue weighted by atomic mass is 9.98. The maximum Gasteiger partial charge on any atom is 0.344 e. The fourth-order valence-corrected chi connectivity index (χ4v) is 2.92. The van der Waals surface area contributed by atoms with Crippen molar-refractivity contribution in [3.05, 3.63) is 65.2 Å². The summed E-state index contributed by atoms with van der Waals surface area (Å²) in [5.74, 6) is -1.22. The monoisotopic (exact) mass is 321 g/mol. The molecule has 0 radical (unpaired) electrons. The van der Waals surface area contributed by atoms with Crippen molar-refractivity contribution >= 4 is 18.1 Å². The number of ether oxygens (including phenoxy) is 1. The normalized spacial score (nSPS) is 11.8. The second-order valence-electron chi connectivity index (χ2n) is 5.37. The Morgan fingerprint density at radius 1 is 1.08 bits per heavy atom. The number of hydrogen-bond acceptors (Lipinski definition) is 3. The predicted octanol–water partition coefficient (Wildman–Crippen LogP) is 1.76. The maximum atomic E-state index is 11.8. The summed E-state index contributed by atoms with van der Waals surface area (Å²) in [5.41, 5.74) is 12.8. The average Bonchev–Trinajstić information content (AvgIpc) is 2.92. The number of fused-ring (bicyclic) bond motifs is 3. The fourth-order valence-electron chi connectivity index (χ4n) is 2.92. The van der Waals surface area contributed by atoms with Gasteiger partial charge in [-0.1, -0.05) is 48.5 Å². The molecule has 1 aliphatic carbocycles. The molecule has 0 saturated carbocycles. The van der Waals surface area contributed by atoms with Gasteiger partial charge in [-0.15, -0.1) is 0 Å². The number of nitrogens with one attached hydrogen (secondary N) is 1. The first-order valence-electron chi connectivity index (χ1n) is 7.50. The van der Waals surface area contributed by atoms with E-state index in [1.807, 2.05) is 36.4 Å². The van der Waals surface area contributed by atoms with Crippen LogP contribution >= 0.6 is 0 Å². The highest BCUT2D eigenvalue weighted by Gasteiger charge is 2.28. The second-order valence-corrected chi connectivity index (χ2v) is 5.37. The molecular weight excluding hydrogens is 306 g/mol. The van der Waals surface area contributed by atoms with Crippen LogP contribution in [0.4, 0.5) is 0 Å². The number of rotatable bonds is 5. The molecule has 0 bridgehead atoms. The Morgan fingerprint density at radius 3 is 2.25 bits per heavy atom. The molecule has 2 aromatic rings. The van der Waals surface area contributed by atoms with Crippen LogP contribution in [0, 0.1) is 0 Å². The number of carbonyl (C=O) groups excluding carboxylic acids is 2. The second kappa shape index (κ2) is 6.89. The van der Waals surface area contributed by atoms with Gasteiger partial charge in [-0.25, -0.2) is 0 Å². The van der Waals surface area contributed by atoms with E-state index in [1.54, 1.807) is 0 Å². The zero-order valence-corrected chi connectivity index (χ0v) is 12.8. The summed E-state index contributed by atoms with van der Waals surface area (Å²) >= 11 is 0. The van der Waals surface area contributed by atoms with Gasteiger partial charge in [0.1, 0.15) is 13.2 Å². The minimum atomic E-state index is -0.661. The molecular formula is C18H15N3O3. The van der Waals surface area contributed by atoms with Gasteiger partial charge < -0.3 is 15.6 Å². The van der Waals surface area contributed by atoms with Crippen LogP contribution in [0.5, 0.6) is 0 Å². The highest BCUT2D eigenvalue weighted by molar-refractivity contribution is 6.24. The summed E-state index contributed by atoms with van der Waals surface area (Å²) in [4.78, 5) is 25.5. The van der Waals surface area contributed by atoms with E-state index in [1.165, 1.54) is 0 Å². The van der Waals surface area contributed by atoms with Crippen LogP contribution in [0.2, 0.25) is 0 Å². The first-order valence-corrected chi connectivity index (χ1v) is 7.50. The van der Waals surface area contributed by atoms with Crippen LogP contribution in [0.15, 0.2) is 48.5 Å². The number of nitrogens with zero attached hydrogens (tertiary/aromatic N) is 2. The molecule has 0 aliphatic heterocycles. The molecule has 2 aromatic carbocycles. The highest BCUT2D eigenvalue weighted by Crippen LogP contribution is 2.44. The number of hydrogen-bond donors (Lipinski definition) is 1. The summed E-state index contributed by atoms with van der Waals surface area (Å²) in [7, 11) is 0. The van der Waals surface area contributed by atoms with E-state index in [9.17, 15) is 9.59 Å². The maximum absolute atomic E-state index is 11.8. The first kappa shape index (κ1) is 15.6. The SMILES string of the molecule is [N-]=[N+]=CC(=O)NCC(=O)OCC1c2ccccc2-c2ccccc21. The standard InChI is InChI=1S/C18H15N3O3/c19-21-9-17(22)20-10-18(23)24-11-16-14-7-3-1-5-12(14)13-6-2-4-8-15(13)16/h1-9,16H,10-11H2,(H,20,22). The van der Waals surface area contributed by atoms with Crippen molar-refractivity contribution in [1.82, 2.24) is 5.32 Å². The molecule has 1 aliphatic rings. The van der Waals surface area contributed by atoms with Crippen LogP contribution < -0.4 is 5.32 Å². The highest BCUT2D eigenvalue weighted by atomic mass is 16.5. The van der Waals surface area contributed by atoms with Crippen LogP contribution in [0.3, 0.4) is 0 Å². The molecule has 0 atom stereocenters. The molecule has 0 heterocycles. The Balaban J connectivity index is 1.68. The molecule has 3 rings (SSSR count). The van der Waals surface area contributed by atoms with Crippen molar-refractivity contribution in [3.8, 4) is 11.1 Å². The molecule has 120 valence electrons. The molecule has 0 aromatic heterocycles. The molecule has 6 heteroatoms. The Kier molecular flexibility index (Phi) is 4.50. The Labute approximate surface area is 138 Å². The Morgan fingerprint density at radius 2 is 1.67 bits per heavy atom. The summed E-state index contributed by atoms with van der Waals surface area (Å²) in [6, 6.07) is 16.1. The van der Waals surface area contributed by atoms with Crippen molar-refractivity contribution in [2.45, 2.75) is 5.92 Å². The zero-order valence-electron chi connectivity index (χ0n) is 12.8. The van der Waals surface area contributed by atoms with Crippen LogP contribution in [0.25, 0.3) is 16.7 Å². The number of benzene rings is 2. The van der Waals surface area contributed by atoms with Crippen molar-refractivity contribution in [3.63, 3.8) is 0 Å². The molecule has 0 saturated heterocycles. The molecule has 24 heavy (non-hydrogen) atoms. The van der Waals surface area contributed by atoms with Crippen molar-refractivity contribution in [2.75, 3.05) is 13.2 Å². The van der Waals surface area contributed by atoms with Crippen LogP contribution in [-0.4, -0.2) is 36.0 Å². The van der Waals surface area contributed by atoms with Crippen molar-refractivity contribution < 1.29 is 19.1 Å². The van der Waals surface area contributed by atoms with E-state index >= 15 is 0 Å². The molecule has 1 amide bonds.